The Morgan fingerprint density at radius 2 is 1.95 bits per heavy atom. The second-order valence-corrected chi connectivity index (χ2v) is 5.15. The highest BCUT2D eigenvalue weighted by Crippen LogP contribution is 2.28. The molecule has 0 aliphatic rings. The van der Waals surface area contributed by atoms with Crippen molar-refractivity contribution in [3.63, 3.8) is 0 Å². The number of methoxy groups -OCH3 is 1. The van der Waals surface area contributed by atoms with Crippen molar-refractivity contribution in [2.45, 2.75) is 6.10 Å². The molecule has 0 heterocycles. The van der Waals surface area contributed by atoms with E-state index >= 15 is 0 Å². The number of ether oxygens (including phenoxy) is 1. The van der Waals surface area contributed by atoms with E-state index in [-0.39, 0.29) is 5.82 Å². The molecule has 0 bridgehead atoms. The number of hydrogen-bond donors (Lipinski definition) is 2. The molecule has 0 aromatic heterocycles. The van der Waals surface area contributed by atoms with Gasteiger partial charge in [-0.2, -0.15) is 0 Å². The van der Waals surface area contributed by atoms with Crippen molar-refractivity contribution in [2.24, 2.45) is 0 Å². The minimum atomic E-state index is -0.698. The summed E-state index contributed by atoms with van der Waals surface area (Å²) in [5, 5.41) is 13.1. The molecule has 106 valence electrons. The molecule has 1 unspecified atom stereocenters. The molecular formula is C15H15BrFNO2. The number of aliphatic hydroxyl groups excluding tert-OH is 1. The Balaban J connectivity index is 1.97. The molecule has 5 heteroatoms. The van der Waals surface area contributed by atoms with Crippen molar-refractivity contribution in [3.05, 3.63) is 58.3 Å². The first kappa shape index (κ1) is 14.8. The maximum Gasteiger partial charge on any atom is 0.133 e. The fourth-order valence-corrected chi connectivity index (χ4v) is 2.33. The number of benzene rings is 2. The number of anilines is 1. The maximum absolute atomic E-state index is 12.8. The number of halogens is 2. The van der Waals surface area contributed by atoms with E-state index in [0.717, 1.165) is 15.9 Å². The number of nitrogens with one attached hydrogen (secondary N) is 1. The van der Waals surface area contributed by atoms with Crippen LogP contribution in [0.15, 0.2) is 46.9 Å². The topological polar surface area (TPSA) is 41.5 Å². The van der Waals surface area contributed by atoms with Gasteiger partial charge in [0.05, 0.1) is 17.7 Å². The molecule has 0 aliphatic carbocycles. The zero-order valence-electron chi connectivity index (χ0n) is 10.9. The molecule has 2 aromatic rings. The summed E-state index contributed by atoms with van der Waals surface area (Å²) in [6.45, 7) is 0.338. The minimum absolute atomic E-state index is 0.312. The van der Waals surface area contributed by atoms with E-state index in [1.54, 1.807) is 19.2 Å². The molecular weight excluding hydrogens is 325 g/mol. The molecule has 3 nitrogen and oxygen atoms in total. The molecule has 0 amide bonds. The fourth-order valence-electron chi connectivity index (χ4n) is 1.79. The minimum Gasteiger partial charge on any atom is -0.496 e. The number of aliphatic hydroxyl groups is 1. The number of hydrogen-bond acceptors (Lipinski definition) is 3. The number of rotatable bonds is 5. The van der Waals surface area contributed by atoms with Gasteiger partial charge in [-0.3, -0.25) is 0 Å². The van der Waals surface area contributed by atoms with Gasteiger partial charge in [0.15, 0.2) is 0 Å². The Labute approximate surface area is 125 Å². The van der Waals surface area contributed by atoms with Gasteiger partial charge in [-0.1, -0.05) is 12.1 Å². The quantitative estimate of drug-likeness (QED) is 0.871. The maximum atomic E-state index is 12.8. The van der Waals surface area contributed by atoms with E-state index in [2.05, 4.69) is 21.2 Å². The first-order valence-corrected chi connectivity index (χ1v) is 6.90. The van der Waals surface area contributed by atoms with Crippen LogP contribution >= 0.6 is 15.9 Å². The van der Waals surface area contributed by atoms with Gasteiger partial charge >= 0.3 is 0 Å². The van der Waals surface area contributed by atoms with Crippen LogP contribution in [0.3, 0.4) is 0 Å². The van der Waals surface area contributed by atoms with Crippen LogP contribution in [0, 0.1) is 5.82 Å². The zero-order valence-corrected chi connectivity index (χ0v) is 12.5. The highest BCUT2D eigenvalue weighted by molar-refractivity contribution is 9.10. The molecule has 0 radical (unpaired) electrons. The SMILES string of the molecule is COc1ccc(NCC(O)c2ccc(F)cc2)cc1Br. The van der Waals surface area contributed by atoms with Gasteiger partial charge in [-0.05, 0) is 51.8 Å². The van der Waals surface area contributed by atoms with Gasteiger partial charge in [0.1, 0.15) is 11.6 Å². The standard InChI is InChI=1S/C15H15BrFNO2/c1-20-15-7-6-12(8-13(15)16)18-9-14(19)10-2-4-11(17)5-3-10/h2-8,14,18-19H,9H2,1H3. The van der Waals surface area contributed by atoms with Crippen molar-refractivity contribution in [1.82, 2.24) is 0 Å². The monoisotopic (exact) mass is 339 g/mol. The Bertz CT molecular complexity index is 575. The van der Waals surface area contributed by atoms with Gasteiger partial charge in [-0.15, -0.1) is 0 Å². The van der Waals surface area contributed by atoms with E-state index < -0.39 is 6.10 Å². The summed E-state index contributed by atoms with van der Waals surface area (Å²) in [6.07, 6.45) is -0.698. The Kier molecular flexibility index (Phi) is 4.98. The summed E-state index contributed by atoms with van der Waals surface area (Å²) in [6, 6.07) is 11.4. The lowest BCUT2D eigenvalue weighted by atomic mass is 10.1. The smallest absolute Gasteiger partial charge is 0.133 e. The van der Waals surface area contributed by atoms with E-state index in [1.165, 1.54) is 12.1 Å². The summed E-state index contributed by atoms with van der Waals surface area (Å²) >= 11 is 3.40. The van der Waals surface area contributed by atoms with Crippen LogP contribution < -0.4 is 10.1 Å². The molecule has 0 saturated carbocycles. The Morgan fingerprint density at radius 1 is 1.25 bits per heavy atom. The fraction of sp³-hybridized carbons (Fsp3) is 0.200. The van der Waals surface area contributed by atoms with Crippen LogP contribution in [-0.2, 0) is 0 Å². The average molecular weight is 340 g/mol. The molecule has 0 saturated heterocycles. The van der Waals surface area contributed by atoms with Crippen molar-refractivity contribution >= 4 is 21.6 Å². The largest absolute Gasteiger partial charge is 0.496 e. The summed E-state index contributed by atoms with van der Waals surface area (Å²) in [7, 11) is 1.60. The second-order valence-electron chi connectivity index (χ2n) is 4.30. The third kappa shape index (κ3) is 3.71. The highest BCUT2D eigenvalue weighted by atomic mass is 79.9. The zero-order chi connectivity index (χ0) is 14.5. The van der Waals surface area contributed by atoms with Crippen molar-refractivity contribution in [3.8, 4) is 5.75 Å². The highest BCUT2D eigenvalue weighted by Gasteiger charge is 2.08. The lowest BCUT2D eigenvalue weighted by Crippen LogP contribution is -2.12. The molecule has 0 fully saturated rings. The van der Waals surface area contributed by atoms with Crippen LogP contribution in [0.5, 0.6) is 5.75 Å². The van der Waals surface area contributed by atoms with Gasteiger partial charge < -0.3 is 15.2 Å². The van der Waals surface area contributed by atoms with Crippen molar-refractivity contribution < 1.29 is 14.2 Å². The van der Waals surface area contributed by atoms with Crippen LogP contribution in [0.4, 0.5) is 10.1 Å². The third-order valence-electron chi connectivity index (χ3n) is 2.91. The summed E-state index contributed by atoms with van der Waals surface area (Å²) in [5.41, 5.74) is 1.53. The molecule has 20 heavy (non-hydrogen) atoms. The lowest BCUT2D eigenvalue weighted by molar-refractivity contribution is 0.191. The van der Waals surface area contributed by atoms with Crippen LogP contribution in [0.25, 0.3) is 0 Å². The van der Waals surface area contributed by atoms with E-state index in [1.807, 2.05) is 18.2 Å². The van der Waals surface area contributed by atoms with Crippen LogP contribution in [0.1, 0.15) is 11.7 Å². The van der Waals surface area contributed by atoms with Crippen LogP contribution in [-0.4, -0.2) is 18.8 Å². The summed E-state index contributed by atoms with van der Waals surface area (Å²) in [5.74, 6) is 0.433. The molecule has 2 aromatic carbocycles. The molecule has 1 atom stereocenters. The third-order valence-corrected chi connectivity index (χ3v) is 3.53. The van der Waals surface area contributed by atoms with E-state index in [9.17, 15) is 9.50 Å². The van der Waals surface area contributed by atoms with Crippen molar-refractivity contribution in [2.75, 3.05) is 19.0 Å². The normalized spacial score (nSPS) is 12.0. The van der Waals surface area contributed by atoms with Crippen molar-refractivity contribution in [1.29, 1.82) is 0 Å². The van der Waals surface area contributed by atoms with Crippen LogP contribution in [0.2, 0.25) is 0 Å². The second kappa shape index (κ2) is 6.72. The molecule has 0 spiro atoms. The van der Waals surface area contributed by atoms with Gasteiger partial charge in [-0.25, -0.2) is 4.39 Å². The lowest BCUT2D eigenvalue weighted by Gasteiger charge is -2.14. The molecule has 2 rings (SSSR count). The van der Waals surface area contributed by atoms with Gasteiger partial charge in [0, 0.05) is 12.2 Å². The first-order valence-electron chi connectivity index (χ1n) is 6.11. The Hall–Kier alpha value is -1.59. The predicted octanol–water partition coefficient (Wildman–Crippen LogP) is 3.74. The average Bonchev–Trinajstić information content (AvgIpc) is 2.45. The Morgan fingerprint density at radius 3 is 2.55 bits per heavy atom. The summed E-state index contributed by atoms with van der Waals surface area (Å²) < 4.78 is 18.8. The first-order chi connectivity index (χ1) is 9.60. The summed E-state index contributed by atoms with van der Waals surface area (Å²) in [4.78, 5) is 0. The molecule has 2 N–H and O–H groups in total. The van der Waals surface area contributed by atoms with Gasteiger partial charge in [0.2, 0.25) is 0 Å². The molecule has 0 aliphatic heterocycles. The van der Waals surface area contributed by atoms with E-state index in [0.29, 0.717) is 12.1 Å². The predicted molar refractivity (Wildman–Crippen MR) is 80.5 cm³/mol. The van der Waals surface area contributed by atoms with E-state index in [4.69, 9.17) is 4.74 Å². The van der Waals surface area contributed by atoms with Gasteiger partial charge in [0.25, 0.3) is 0 Å².